The number of aliphatic hydroxyl groups is 2. The van der Waals surface area contributed by atoms with Crippen molar-refractivity contribution in [3.8, 4) is 0 Å². The van der Waals surface area contributed by atoms with Crippen LogP contribution in [0.4, 0.5) is 26.3 Å². The molecule has 2 atom stereocenters. The van der Waals surface area contributed by atoms with E-state index >= 15 is 0 Å². The highest BCUT2D eigenvalue weighted by atomic mass is 19.4. The molecule has 1 saturated carbocycles. The SMILES string of the molecule is O[C@H]1CCCCCCCCCC[C@@H]1C(O)(C(F)(F)F)C(F)(F)F. The van der Waals surface area contributed by atoms with Gasteiger partial charge in [0.05, 0.1) is 6.10 Å². The fourth-order valence-corrected chi connectivity index (χ4v) is 3.24. The Hall–Kier alpha value is -0.500. The zero-order valence-electron chi connectivity index (χ0n) is 12.9. The second kappa shape index (κ2) is 8.05. The van der Waals surface area contributed by atoms with Crippen molar-refractivity contribution in [2.45, 2.75) is 88.3 Å². The van der Waals surface area contributed by atoms with Crippen molar-refractivity contribution in [1.82, 2.24) is 0 Å². The lowest BCUT2D eigenvalue weighted by molar-refractivity contribution is -0.392. The Bertz CT molecular complexity index is 339. The number of rotatable bonds is 1. The predicted octanol–water partition coefficient (Wildman–Crippen LogP) is 4.73. The van der Waals surface area contributed by atoms with E-state index in [1.165, 1.54) is 0 Å². The molecule has 23 heavy (non-hydrogen) atoms. The van der Waals surface area contributed by atoms with Gasteiger partial charge < -0.3 is 10.2 Å². The number of hydrogen-bond acceptors (Lipinski definition) is 2. The minimum atomic E-state index is -5.88. The Morgan fingerprint density at radius 3 is 1.35 bits per heavy atom. The highest BCUT2D eigenvalue weighted by Crippen LogP contribution is 2.50. The van der Waals surface area contributed by atoms with Gasteiger partial charge in [0.1, 0.15) is 0 Å². The van der Waals surface area contributed by atoms with Crippen LogP contribution < -0.4 is 0 Å². The van der Waals surface area contributed by atoms with Crippen LogP contribution in [0.1, 0.15) is 64.2 Å². The summed E-state index contributed by atoms with van der Waals surface area (Å²) in [5.41, 5.74) is -4.87. The molecule has 0 heterocycles. The van der Waals surface area contributed by atoms with E-state index in [2.05, 4.69) is 0 Å². The molecule has 138 valence electrons. The van der Waals surface area contributed by atoms with E-state index in [-0.39, 0.29) is 12.8 Å². The second-order valence-electron chi connectivity index (χ2n) is 6.34. The molecule has 0 radical (unpaired) electrons. The third-order valence-corrected chi connectivity index (χ3v) is 4.63. The molecule has 0 aromatic heterocycles. The average Bonchev–Trinajstić information content (AvgIpc) is 2.39. The first-order chi connectivity index (χ1) is 10.5. The van der Waals surface area contributed by atoms with Gasteiger partial charge in [-0.1, -0.05) is 51.4 Å². The first-order valence-corrected chi connectivity index (χ1v) is 8.05. The monoisotopic (exact) mass is 350 g/mol. The summed E-state index contributed by atoms with van der Waals surface area (Å²) < 4.78 is 78.2. The van der Waals surface area contributed by atoms with Crippen LogP contribution >= 0.6 is 0 Å². The molecule has 0 saturated heterocycles. The summed E-state index contributed by atoms with van der Waals surface area (Å²) in [6.07, 6.45) is -9.18. The van der Waals surface area contributed by atoms with E-state index < -0.39 is 36.4 Å². The minimum Gasteiger partial charge on any atom is -0.393 e. The average molecular weight is 350 g/mol. The van der Waals surface area contributed by atoms with Gasteiger partial charge in [0.2, 0.25) is 0 Å². The summed E-state index contributed by atoms with van der Waals surface area (Å²) in [6.45, 7) is 0. The molecule has 0 spiro atoms. The molecule has 1 rings (SSSR count). The van der Waals surface area contributed by atoms with E-state index in [0.717, 1.165) is 25.7 Å². The Labute approximate surface area is 131 Å². The number of halogens is 6. The largest absolute Gasteiger partial charge is 0.426 e. The van der Waals surface area contributed by atoms with Crippen LogP contribution in [-0.4, -0.2) is 34.3 Å². The molecule has 0 aromatic rings. The molecular formula is C15H24F6O2. The third-order valence-electron chi connectivity index (χ3n) is 4.63. The summed E-state index contributed by atoms with van der Waals surface area (Å²) >= 11 is 0. The lowest BCUT2D eigenvalue weighted by atomic mass is 9.76. The fraction of sp³-hybridized carbons (Fsp3) is 1.00. The number of hydrogen-bond donors (Lipinski definition) is 2. The van der Waals surface area contributed by atoms with Crippen molar-refractivity contribution in [3.05, 3.63) is 0 Å². The Kier molecular flexibility index (Phi) is 7.19. The Balaban J connectivity index is 3.06. The van der Waals surface area contributed by atoms with E-state index in [1.807, 2.05) is 0 Å². The van der Waals surface area contributed by atoms with Crippen molar-refractivity contribution < 1.29 is 36.6 Å². The zero-order chi connectivity index (χ0) is 17.7. The first-order valence-electron chi connectivity index (χ1n) is 8.05. The van der Waals surface area contributed by atoms with E-state index in [1.54, 1.807) is 0 Å². The van der Waals surface area contributed by atoms with Crippen LogP contribution in [0.15, 0.2) is 0 Å². The normalized spacial score (nSPS) is 27.1. The molecule has 0 amide bonds. The van der Waals surface area contributed by atoms with Crippen LogP contribution in [0.25, 0.3) is 0 Å². The molecule has 0 aromatic carbocycles. The van der Waals surface area contributed by atoms with Crippen molar-refractivity contribution >= 4 is 0 Å². The fourth-order valence-electron chi connectivity index (χ4n) is 3.24. The molecule has 1 fully saturated rings. The van der Waals surface area contributed by atoms with Gasteiger partial charge in [0, 0.05) is 5.92 Å². The molecule has 0 aliphatic heterocycles. The van der Waals surface area contributed by atoms with Gasteiger partial charge in [0.25, 0.3) is 5.60 Å². The zero-order valence-corrected chi connectivity index (χ0v) is 12.9. The van der Waals surface area contributed by atoms with Crippen molar-refractivity contribution in [2.24, 2.45) is 5.92 Å². The summed E-state index contributed by atoms with van der Waals surface area (Å²) in [7, 11) is 0. The van der Waals surface area contributed by atoms with Crippen molar-refractivity contribution in [1.29, 1.82) is 0 Å². The minimum absolute atomic E-state index is 0.121. The van der Waals surface area contributed by atoms with Gasteiger partial charge in [-0.05, 0) is 12.8 Å². The maximum Gasteiger partial charge on any atom is 0.426 e. The summed E-state index contributed by atoms with van der Waals surface area (Å²) in [5, 5.41) is 19.5. The topological polar surface area (TPSA) is 40.5 Å². The Morgan fingerprint density at radius 2 is 0.957 bits per heavy atom. The van der Waals surface area contributed by atoms with Crippen LogP contribution in [-0.2, 0) is 0 Å². The smallest absolute Gasteiger partial charge is 0.393 e. The quantitative estimate of drug-likeness (QED) is 0.671. The molecule has 0 bridgehead atoms. The van der Waals surface area contributed by atoms with Crippen LogP contribution in [0.5, 0.6) is 0 Å². The van der Waals surface area contributed by atoms with Gasteiger partial charge in [0.15, 0.2) is 0 Å². The standard InChI is InChI=1S/C15H24F6O2/c16-14(17,18)13(23,15(19,20)21)11-9-7-5-3-1-2-4-6-8-10-12(11)22/h11-12,22-23H,1-10H2/t11-,12-/m0/s1. The maximum absolute atomic E-state index is 13.0. The highest BCUT2D eigenvalue weighted by molar-refractivity contribution is 5.01. The van der Waals surface area contributed by atoms with Gasteiger partial charge >= 0.3 is 12.4 Å². The lowest BCUT2D eigenvalue weighted by Crippen LogP contribution is -2.64. The van der Waals surface area contributed by atoms with E-state index in [9.17, 15) is 36.6 Å². The molecular weight excluding hydrogens is 326 g/mol. The molecule has 1 aliphatic carbocycles. The summed E-state index contributed by atoms with van der Waals surface area (Å²) in [4.78, 5) is 0. The first kappa shape index (κ1) is 20.5. The number of aliphatic hydroxyl groups excluding tert-OH is 1. The molecule has 2 nitrogen and oxygen atoms in total. The van der Waals surface area contributed by atoms with Crippen LogP contribution in [0, 0.1) is 5.92 Å². The summed E-state index contributed by atoms with van der Waals surface area (Å²) in [6, 6.07) is 0. The van der Waals surface area contributed by atoms with Gasteiger partial charge in [-0.3, -0.25) is 0 Å². The van der Waals surface area contributed by atoms with Crippen molar-refractivity contribution in [2.75, 3.05) is 0 Å². The van der Waals surface area contributed by atoms with Crippen LogP contribution in [0.2, 0.25) is 0 Å². The molecule has 0 unspecified atom stereocenters. The van der Waals surface area contributed by atoms with E-state index in [4.69, 9.17) is 0 Å². The molecule has 8 heteroatoms. The van der Waals surface area contributed by atoms with Gasteiger partial charge in [-0.2, -0.15) is 26.3 Å². The van der Waals surface area contributed by atoms with Crippen molar-refractivity contribution in [3.63, 3.8) is 0 Å². The highest BCUT2D eigenvalue weighted by Gasteiger charge is 2.74. The molecule has 1 aliphatic rings. The maximum atomic E-state index is 13.0. The predicted molar refractivity (Wildman–Crippen MR) is 72.7 cm³/mol. The number of alkyl halides is 6. The molecule has 2 N–H and O–H groups in total. The van der Waals surface area contributed by atoms with Gasteiger partial charge in [-0.15, -0.1) is 0 Å². The second-order valence-corrected chi connectivity index (χ2v) is 6.34. The Morgan fingerprint density at radius 1 is 0.609 bits per heavy atom. The van der Waals surface area contributed by atoms with Gasteiger partial charge in [-0.25, -0.2) is 0 Å². The lowest BCUT2D eigenvalue weighted by Gasteiger charge is -2.41. The summed E-state index contributed by atoms with van der Waals surface area (Å²) in [5.74, 6) is -2.29. The van der Waals surface area contributed by atoms with E-state index in [0.29, 0.717) is 19.3 Å². The van der Waals surface area contributed by atoms with Crippen LogP contribution in [0.3, 0.4) is 0 Å². The third kappa shape index (κ3) is 4.98.